The second-order valence-corrected chi connectivity index (χ2v) is 11.2. The fraction of sp³-hybridized carbons (Fsp3) is 0.500. The van der Waals surface area contributed by atoms with E-state index in [0.717, 1.165) is 19.4 Å². The fourth-order valence-electron chi connectivity index (χ4n) is 1.71. The van der Waals surface area contributed by atoms with Crippen LogP contribution in [0.1, 0.15) is 18.4 Å². The van der Waals surface area contributed by atoms with E-state index in [1.807, 2.05) is 18.2 Å². The van der Waals surface area contributed by atoms with Crippen molar-refractivity contribution in [2.45, 2.75) is 45.1 Å². The van der Waals surface area contributed by atoms with E-state index in [4.69, 9.17) is 10.5 Å². The summed E-state index contributed by atoms with van der Waals surface area (Å²) >= 11 is 0. The lowest BCUT2D eigenvalue weighted by Gasteiger charge is -2.12. The molecule has 0 saturated heterocycles. The molecule has 0 aliphatic rings. The molecule has 1 aromatic carbocycles. The van der Waals surface area contributed by atoms with Crippen LogP contribution < -0.4 is 5.73 Å². The van der Waals surface area contributed by atoms with Gasteiger partial charge in [0.15, 0.2) is 0 Å². The number of ether oxygens (including phenoxy) is 1. The number of hydrogen-bond acceptors (Lipinski definition) is 2. The zero-order chi connectivity index (χ0) is 14.1. The Hall–Kier alpha value is -0.903. The van der Waals surface area contributed by atoms with Crippen molar-refractivity contribution in [2.24, 2.45) is 5.73 Å². The minimum atomic E-state index is -1.07. The highest BCUT2D eigenvalue weighted by Crippen LogP contribution is 2.06. The molecule has 2 nitrogen and oxygen atoms in total. The summed E-state index contributed by atoms with van der Waals surface area (Å²) in [6, 6.07) is 10.5. The molecule has 0 saturated carbocycles. The van der Waals surface area contributed by atoms with Gasteiger partial charge in [0.2, 0.25) is 0 Å². The summed E-state index contributed by atoms with van der Waals surface area (Å²) in [5.74, 6) is 0. The lowest BCUT2D eigenvalue weighted by atomic mass is 10.1. The van der Waals surface area contributed by atoms with E-state index < -0.39 is 8.07 Å². The van der Waals surface area contributed by atoms with Crippen LogP contribution in [-0.4, -0.2) is 20.7 Å². The quantitative estimate of drug-likeness (QED) is 0.580. The van der Waals surface area contributed by atoms with E-state index in [2.05, 4.69) is 43.5 Å². The molecule has 19 heavy (non-hydrogen) atoms. The first-order valence-electron chi connectivity index (χ1n) is 7.02. The van der Waals surface area contributed by atoms with Crippen LogP contribution in [0.15, 0.2) is 42.1 Å². The Morgan fingerprint density at radius 3 is 2.53 bits per heavy atom. The number of rotatable bonds is 8. The van der Waals surface area contributed by atoms with E-state index >= 15 is 0 Å². The molecule has 0 aliphatic heterocycles. The van der Waals surface area contributed by atoms with Crippen LogP contribution >= 0.6 is 0 Å². The molecule has 0 aromatic heterocycles. The fourth-order valence-corrected chi connectivity index (χ4v) is 2.56. The van der Waals surface area contributed by atoms with Crippen molar-refractivity contribution in [3.63, 3.8) is 0 Å². The molecule has 1 aromatic rings. The Labute approximate surface area is 118 Å². The molecule has 3 heteroatoms. The Morgan fingerprint density at radius 2 is 1.89 bits per heavy atom. The van der Waals surface area contributed by atoms with Gasteiger partial charge >= 0.3 is 0 Å². The van der Waals surface area contributed by atoms with Crippen molar-refractivity contribution in [1.29, 1.82) is 0 Å². The monoisotopic (exact) mass is 277 g/mol. The Kier molecular flexibility index (Phi) is 7.06. The van der Waals surface area contributed by atoms with E-state index in [0.29, 0.717) is 6.61 Å². The number of benzene rings is 1. The first-order chi connectivity index (χ1) is 8.97. The van der Waals surface area contributed by atoms with Gasteiger partial charge in [-0.25, -0.2) is 0 Å². The largest absolute Gasteiger partial charge is 0.377 e. The van der Waals surface area contributed by atoms with Crippen LogP contribution in [0.5, 0.6) is 0 Å². The van der Waals surface area contributed by atoms with Gasteiger partial charge in [-0.15, -0.1) is 0 Å². The SMILES string of the molecule is C[Si](C)(C)/C=C\CC(N)CCOCc1ccccc1. The average Bonchev–Trinajstić information content (AvgIpc) is 2.34. The summed E-state index contributed by atoms with van der Waals surface area (Å²) in [6.07, 6.45) is 4.12. The Morgan fingerprint density at radius 1 is 1.21 bits per heavy atom. The second kappa shape index (κ2) is 8.30. The van der Waals surface area contributed by atoms with Gasteiger partial charge in [0.25, 0.3) is 0 Å². The van der Waals surface area contributed by atoms with Gasteiger partial charge in [0, 0.05) is 12.6 Å². The smallest absolute Gasteiger partial charge is 0.0716 e. The van der Waals surface area contributed by atoms with Gasteiger partial charge in [-0.05, 0) is 18.4 Å². The molecule has 1 unspecified atom stereocenters. The second-order valence-electron chi connectivity index (χ2n) is 6.09. The standard InChI is InChI=1S/C16H27NOSi/c1-19(2,3)13-7-10-16(17)11-12-18-14-15-8-5-4-6-9-15/h4-9,13,16H,10-12,14,17H2,1-3H3/b13-7-. The molecular weight excluding hydrogens is 250 g/mol. The summed E-state index contributed by atoms with van der Waals surface area (Å²) in [6.45, 7) is 8.41. The molecular formula is C16H27NOSi. The lowest BCUT2D eigenvalue weighted by molar-refractivity contribution is 0.114. The van der Waals surface area contributed by atoms with Gasteiger partial charge in [0.05, 0.1) is 14.7 Å². The molecule has 0 fully saturated rings. The minimum absolute atomic E-state index is 0.211. The first-order valence-corrected chi connectivity index (χ1v) is 10.6. The van der Waals surface area contributed by atoms with Crippen LogP contribution in [0.25, 0.3) is 0 Å². The zero-order valence-electron chi connectivity index (χ0n) is 12.4. The van der Waals surface area contributed by atoms with Crippen LogP contribution in [0.2, 0.25) is 19.6 Å². The predicted octanol–water partition coefficient (Wildman–Crippen LogP) is 3.74. The third-order valence-corrected chi connectivity index (χ3v) is 4.04. The summed E-state index contributed by atoms with van der Waals surface area (Å²) in [5, 5.41) is 0. The molecule has 106 valence electrons. The van der Waals surface area contributed by atoms with Crippen molar-refractivity contribution in [3.8, 4) is 0 Å². The summed E-state index contributed by atoms with van der Waals surface area (Å²) in [4.78, 5) is 0. The van der Waals surface area contributed by atoms with E-state index in [-0.39, 0.29) is 6.04 Å². The molecule has 1 rings (SSSR count). The van der Waals surface area contributed by atoms with Crippen molar-refractivity contribution >= 4 is 8.07 Å². The van der Waals surface area contributed by atoms with E-state index in [1.165, 1.54) is 5.56 Å². The molecule has 0 amide bonds. The van der Waals surface area contributed by atoms with E-state index in [1.54, 1.807) is 0 Å². The topological polar surface area (TPSA) is 35.2 Å². The van der Waals surface area contributed by atoms with Crippen LogP contribution in [0.4, 0.5) is 0 Å². The zero-order valence-corrected chi connectivity index (χ0v) is 13.4. The minimum Gasteiger partial charge on any atom is -0.377 e. The van der Waals surface area contributed by atoms with Gasteiger partial charge in [-0.1, -0.05) is 61.7 Å². The van der Waals surface area contributed by atoms with Gasteiger partial charge < -0.3 is 10.5 Å². The van der Waals surface area contributed by atoms with Gasteiger partial charge in [-0.3, -0.25) is 0 Å². The maximum atomic E-state index is 6.07. The predicted molar refractivity (Wildman–Crippen MR) is 85.8 cm³/mol. The highest BCUT2D eigenvalue weighted by molar-refractivity contribution is 6.80. The molecule has 0 spiro atoms. The third kappa shape index (κ3) is 8.75. The summed E-state index contributed by atoms with van der Waals surface area (Å²) in [5.41, 5.74) is 9.64. The highest BCUT2D eigenvalue weighted by atomic mass is 28.3. The molecule has 0 heterocycles. The summed E-state index contributed by atoms with van der Waals surface area (Å²) < 4.78 is 5.64. The maximum absolute atomic E-state index is 6.07. The van der Waals surface area contributed by atoms with Crippen LogP contribution in [0.3, 0.4) is 0 Å². The Balaban J connectivity index is 2.11. The third-order valence-electron chi connectivity index (χ3n) is 2.80. The molecule has 0 aliphatic carbocycles. The van der Waals surface area contributed by atoms with Crippen molar-refractivity contribution in [1.82, 2.24) is 0 Å². The van der Waals surface area contributed by atoms with Crippen molar-refractivity contribution in [2.75, 3.05) is 6.61 Å². The van der Waals surface area contributed by atoms with Crippen LogP contribution in [-0.2, 0) is 11.3 Å². The molecule has 2 N–H and O–H groups in total. The van der Waals surface area contributed by atoms with Crippen molar-refractivity contribution in [3.05, 3.63) is 47.7 Å². The maximum Gasteiger partial charge on any atom is 0.0716 e. The van der Waals surface area contributed by atoms with Crippen LogP contribution in [0, 0.1) is 0 Å². The van der Waals surface area contributed by atoms with Gasteiger partial charge in [0.1, 0.15) is 0 Å². The summed E-state index contributed by atoms with van der Waals surface area (Å²) in [7, 11) is -1.07. The lowest BCUT2D eigenvalue weighted by Crippen LogP contribution is -2.22. The average molecular weight is 277 g/mol. The highest BCUT2D eigenvalue weighted by Gasteiger charge is 2.07. The molecule has 1 atom stereocenters. The number of nitrogens with two attached hydrogens (primary N) is 1. The number of hydrogen-bond donors (Lipinski definition) is 1. The molecule has 0 bridgehead atoms. The van der Waals surface area contributed by atoms with Gasteiger partial charge in [-0.2, -0.15) is 0 Å². The van der Waals surface area contributed by atoms with E-state index in [9.17, 15) is 0 Å². The first kappa shape index (κ1) is 16.2. The normalized spacial score (nSPS) is 13.9. The molecule has 0 radical (unpaired) electrons. The van der Waals surface area contributed by atoms with Crippen molar-refractivity contribution < 1.29 is 4.74 Å². The Bertz CT molecular complexity index is 370.